The lowest BCUT2D eigenvalue weighted by molar-refractivity contribution is -0.0821. The monoisotopic (exact) mass is 347 g/mol. The van der Waals surface area contributed by atoms with E-state index in [9.17, 15) is 4.79 Å². The summed E-state index contributed by atoms with van der Waals surface area (Å²) in [4.78, 5) is 12.0. The molecule has 6 heteroatoms. The number of aliphatic hydroxyl groups excluding tert-OH is 1. The molecular formula is C19H25NO5. The van der Waals surface area contributed by atoms with Crippen LogP contribution in [-0.2, 0) is 20.8 Å². The smallest absolute Gasteiger partial charge is 0.408 e. The highest BCUT2D eigenvalue weighted by Gasteiger charge is 2.33. The second-order valence-corrected chi connectivity index (χ2v) is 6.90. The van der Waals surface area contributed by atoms with Crippen LogP contribution in [-0.4, -0.2) is 41.7 Å². The summed E-state index contributed by atoms with van der Waals surface area (Å²) in [5.74, 6) is 2.58. The molecule has 1 aromatic carbocycles. The molecule has 1 heterocycles. The van der Waals surface area contributed by atoms with Crippen LogP contribution in [0.5, 0.6) is 0 Å². The van der Waals surface area contributed by atoms with Crippen molar-refractivity contribution in [2.45, 2.75) is 57.6 Å². The fraction of sp³-hybridized carbons (Fsp3) is 0.526. The summed E-state index contributed by atoms with van der Waals surface area (Å²) in [6, 6.07) is 9.42. The highest BCUT2D eigenvalue weighted by Crippen LogP contribution is 2.20. The first kappa shape index (κ1) is 19.1. The number of hydrogen-bond donors (Lipinski definition) is 2. The van der Waals surface area contributed by atoms with E-state index in [1.165, 1.54) is 0 Å². The van der Waals surface area contributed by atoms with Crippen LogP contribution < -0.4 is 5.32 Å². The van der Waals surface area contributed by atoms with E-state index in [0.717, 1.165) is 5.56 Å². The molecule has 0 bridgehead atoms. The first-order valence-corrected chi connectivity index (χ1v) is 8.28. The minimum Gasteiger partial charge on any atom is -0.462 e. The number of ether oxygens (including phenoxy) is 3. The van der Waals surface area contributed by atoms with Gasteiger partial charge in [-0.05, 0) is 32.3 Å². The highest BCUT2D eigenvalue weighted by molar-refractivity contribution is 5.68. The Labute approximate surface area is 148 Å². The van der Waals surface area contributed by atoms with E-state index in [1.54, 1.807) is 20.8 Å². The van der Waals surface area contributed by atoms with Gasteiger partial charge in [-0.1, -0.05) is 30.3 Å². The van der Waals surface area contributed by atoms with Gasteiger partial charge in [-0.2, -0.15) is 0 Å². The van der Waals surface area contributed by atoms with E-state index < -0.39 is 17.8 Å². The topological polar surface area (TPSA) is 77.0 Å². The minimum absolute atomic E-state index is 0.234. The molecule has 3 atom stereocenters. The molecule has 25 heavy (non-hydrogen) atoms. The number of aliphatic hydroxyl groups is 1. The van der Waals surface area contributed by atoms with Gasteiger partial charge in [-0.3, -0.25) is 0 Å². The Morgan fingerprint density at radius 1 is 1.36 bits per heavy atom. The summed E-state index contributed by atoms with van der Waals surface area (Å²) in [6.07, 6.45) is 1.08. The number of alkyl carbamates (subject to hydrolysis) is 1. The molecule has 1 amide bonds. The van der Waals surface area contributed by atoms with Crippen LogP contribution in [0.2, 0.25) is 0 Å². The molecule has 0 spiro atoms. The quantitative estimate of drug-likeness (QED) is 0.819. The summed E-state index contributed by atoms with van der Waals surface area (Å²) in [7, 11) is 0. The Morgan fingerprint density at radius 3 is 2.72 bits per heavy atom. The van der Waals surface area contributed by atoms with Crippen molar-refractivity contribution in [3.05, 3.63) is 35.9 Å². The number of carbonyl (C=O) groups excluding carboxylic acids is 1. The molecule has 1 fully saturated rings. The van der Waals surface area contributed by atoms with Gasteiger partial charge in [-0.15, -0.1) is 0 Å². The van der Waals surface area contributed by atoms with Gasteiger partial charge in [-0.25, -0.2) is 4.79 Å². The average molecular weight is 347 g/mol. The van der Waals surface area contributed by atoms with Crippen molar-refractivity contribution >= 4 is 6.09 Å². The van der Waals surface area contributed by atoms with Crippen molar-refractivity contribution in [3.63, 3.8) is 0 Å². The molecule has 1 aliphatic heterocycles. The van der Waals surface area contributed by atoms with Crippen LogP contribution in [0.15, 0.2) is 30.3 Å². The van der Waals surface area contributed by atoms with E-state index in [-0.39, 0.29) is 18.8 Å². The van der Waals surface area contributed by atoms with Crippen molar-refractivity contribution in [1.29, 1.82) is 0 Å². The van der Waals surface area contributed by atoms with Crippen LogP contribution >= 0.6 is 0 Å². The number of carbonyl (C=O) groups is 1. The molecule has 1 saturated heterocycles. The number of rotatable bonds is 4. The summed E-state index contributed by atoms with van der Waals surface area (Å²) >= 11 is 0. The van der Waals surface area contributed by atoms with Crippen LogP contribution in [0.4, 0.5) is 4.79 Å². The van der Waals surface area contributed by atoms with Crippen LogP contribution in [0, 0.1) is 12.0 Å². The lowest BCUT2D eigenvalue weighted by Gasteiger charge is -2.35. The van der Waals surface area contributed by atoms with E-state index in [4.69, 9.17) is 19.3 Å². The highest BCUT2D eigenvalue weighted by atomic mass is 16.6. The van der Waals surface area contributed by atoms with Gasteiger partial charge in [0.2, 0.25) is 0 Å². The predicted octanol–water partition coefficient (Wildman–Crippen LogP) is 2.59. The predicted molar refractivity (Wildman–Crippen MR) is 92.2 cm³/mol. The van der Waals surface area contributed by atoms with E-state index in [2.05, 4.69) is 11.2 Å². The Bertz CT molecular complexity index is 614. The fourth-order valence-corrected chi connectivity index (χ4v) is 2.50. The van der Waals surface area contributed by atoms with Gasteiger partial charge in [0.15, 0.2) is 0 Å². The molecule has 1 unspecified atom stereocenters. The summed E-state index contributed by atoms with van der Waals surface area (Å²) < 4.78 is 16.8. The lowest BCUT2D eigenvalue weighted by Crippen LogP contribution is -2.53. The van der Waals surface area contributed by atoms with E-state index in [0.29, 0.717) is 13.0 Å². The van der Waals surface area contributed by atoms with E-state index >= 15 is 0 Å². The van der Waals surface area contributed by atoms with Gasteiger partial charge in [0.05, 0.1) is 25.4 Å². The Kier molecular flexibility index (Phi) is 6.68. The van der Waals surface area contributed by atoms with Gasteiger partial charge in [0.1, 0.15) is 17.8 Å². The fourth-order valence-electron chi connectivity index (χ4n) is 2.50. The van der Waals surface area contributed by atoms with Gasteiger partial charge >= 0.3 is 6.09 Å². The number of hydrogen-bond acceptors (Lipinski definition) is 5. The third-order valence-corrected chi connectivity index (χ3v) is 3.61. The summed E-state index contributed by atoms with van der Waals surface area (Å²) in [5.41, 5.74) is 0.458. The van der Waals surface area contributed by atoms with Crippen molar-refractivity contribution in [3.8, 4) is 12.0 Å². The first-order chi connectivity index (χ1) is 11.9. The molecule has 0 radical (unpaired) electrons. The Morgan fingerprint density at radius 2 is 2.08 bits per heavy atom. The Hall–Kier alpha value is -2.23. The second kappa shape index (κ2) is 8.75. The standard InChI is InChI=1S/C19H25NO5/c1-19(2,3)25-18(22)20-16-13-23-15(9-10-21)11-17(16)24-12-14-7-5-4-6-8-14/h4-8,15-17,21H,11-13H2,1-3H3,(H,20,22)/t15-,16+,17?/m1/s1. The maximum absolute atomic E-state index is 12.0. The number of benzene rings is 1. The minimum atomic E-state index is -0.578. The lowest BCUT2D eigenvalue weighted by atomic mass is 10.0. The van der Waals surface area contributed by atoms with Crippen LogP contribution in [0.25, 0.3) is 0 Å². The third-order valence-electron chi connectivity index (χ3n) is 3.61. The van der Waals surface area contributed by atoms with Gasteiger partial charge < -0.3 is 24.6 Å². The molecule has 0 aromatic heterocycles. The normalized spacial score (nSPS) is 23.2. The molecule has 1 aromatic rings. The van der Waals surface area contributed by atoms with Gasteiger partial charge in [0, 0.05) is 6.42 Å². The third kappa shape index (κ3) is 6.65. The van der Waals surface area contributed by atoms with Gasteiger partial charge in [0.25, 0.3) is 0 Å². The molecule has 2 rings (SSSR count). The molecule has 0 saturated carbocycles. The van der Waals surface area contributed by atoms with Crippen molar-refractivity contribution in [2.75, 3.05) is 6.61 Å². The zero-order valence-corrected chi connectivity index (χ0v) is 14.8. The van der Waals surface area contributed by atoms with Crippen molar-refractivity contribution in [1.82, 2.24) is 5.32 Å². The maximum Gasteiger partial charge on any atom is 0.408 e. The molecule has 6 nitrogen and oxygen atoms in total. The zero-order chi connectivity index (χ0) is 18.3. The van der Waals surface area contributed by atoms with Crippen molar-refractivity contribution in [2.24, 2.45) is 0 Å². The maximum atomic E-state index is 12.0. The van der Waals surface area contributed by atoms with E-state index in [1.807, 2.05) is 36.4 Å². The molecular weight excluding hydrogens is 322 g/mol. The zero-order valence-electron chi connectivity index (χ0n) is 14.8. The second-order valence-electron chi connectivity index (χ2n) is 6.90. The molecule has 0 aliphatic carbocycles. The average Bonchev–Trinajstić information content (AvgIpc) is 2.54. The van der Waals surface area contributed by atoms with Crippen LogP contribution in [0.3, 0.4) is 0 Å². The number of nitrogens with one attached hydrogen (secondary N) is 1. The van der Waals surface area contributed by atoms with Crippen LogP contribution in [0.1, 0.15) is 32.8 Å². The van der Waals surface area contributed by atoms with Crippen molar-refractivity contribution < 1.29 is 24.1 Å². The molecule has 136 valence electrons. The number of amides is 1. The largest absolute Gasteiger partial charge is 0.462 e. The molecule has 2 N–H and O–H groups in total. The first-order valence-electron chi connectivity index (χ1n) is 8.28. The SMILES string of the molecule is CC(C)(C)OC(=O)N[C@H]1CO[C@H](C#CO)CC1OCc1ccccc1. The molecule has 1 aliphatic rings. The summed E-state index contributed by atoms with van der Waals surface area (Å²) in [5, 5.41) is 11.6. The summed E-state index contributed by atoms with van der Waals surface area (Å²) in [6.45, 7) is 6.07. The Balaban J connectivity index is 1.99.